The molecule has 0 amide bonds. The number of unbranched alkanes of at least 4 members (excludes halogenated alkanes) is 3. The molecule has 3 fully saturated rings. The van der Waals surface area contributed by atoms with Gasteiger partial charge in [-0.2, -0.15) is 0 Å². The third-order valence-corrected chi connectivity index (χ3v) is 7.79. The highest BCUT2D eigenvalue weighted by Crippen LogP contribution is 2.51. The summed E-state index contributed by atoms with van der Waals surface area (Å²) in [5.41, 5.74) is -1.21. The Hall–Kier alpha value is -0.980. The van der Waals surface area contributed by atoms with Crippen molar-refractivity contribution < 1.29 is 28.1 Å². The van der Waals surface area contributed by atoms with Gasteiger partial charge in [-0.3, -0.25) is 0 Å². The maximum Gasteiger partial charge on any atom is 0.172 e. The highest BCUT2D eigenvalue weighted by molar-refractivity contribution is 5.49. The summed E-state index contributed by atoms with van der Waals surface area (Å²) in [6, 6.07) is 0. The van der Waals surface area contributed by atoms with Crippen molar-refractivity contribution in [2.45, 2.75) is 115 Å². The number of hydrogen-bond donors (Lipinski definition) is 0. The van der Waals surface area contributed by atoms with Crippen molar-refractivity contribution >= 4 is 6.29 Å². The molecule has 0 aromatic carbocycles. The first-order chi connectivity index (χ1) is 16.1. The van der Waals surface area contributed by atoms with Gasteiger partial charge in [0.05, 0.1) is 25.6 Å². The second kappa shape index (κ2) is 13.2. The summed E-state index contributed by atoms with van der Waals surface area (Å²) < 4.78 is 40.1. The van der Waals surface area contributed by atoms with Crippen LogP contribution in [0.25, 0.3) is 0 Å². The Morgan fingerprint density at radius 1 is 1.15 bits per heavy atom. The van der Waals surface area contributed by atoms with Gasteiger partial charge in [-0.25, -0.2) is 4.39 Å². The number of carbonyl (C=O) groups is 1. The van der Waals surface area contributed by atoms with E-state index in [4.69, 9.17) is 18.9 Å². The SMILES string of the molecule is CCCCCCC(F)(CC)CC=C(OC1CCCOC1)C1CCC2(OCCO2)C1CCC=O. The van der Waals surface area contributed by atoms with Gasteiger partial charge in [0.25, 0.3) is 0 Å². The first kappa shape index (κ1) is 26.6. The molecule has 0 bridgehead atoms. The number of allylic oxidation sites excluding steroid dienone is 2. The number of rotatable bonds is 14. The van der Waals surface area contributed by atoms with E-state index in [1.54, 1.807) is 0 Å². The predicted molar refractivity (Wildman–Crippen MR) is 127 cm³/mol. The molecule has 4 atom stereocenters. The Morgan fingerprint density at radius 2 is 1.97 bits per heavy atom. The minimum atomic E-state index is -1.21. The lowest BCUT2D eigenvalue weighted by molar-refractivity contribution is -0.188. The molecule has 0 radical (unpaired) electrons. The van der Waals surface area contributed by atoms with Crippen LogP contribution in [0.1, 0.15) is 97.3 Å². The summed E-state index contributed by atoms with van der Waals surface area (Å²) in [7, 11) is 0. The second-order valence-electron chi connectivity index (χ2n) is 10.1. The number of carbonyl (C=O) groups excluding carboxylic acids is 1. The Morgan fingerprint density at radius 3 is 2.64 bits per heavy atom. The molecule has 2 heterocycles. The molecule has 1 spiro atoms. The van der Waals surface area contributed by atoms with E-state index >= 15 is 4.39 Å². The topological polar surface area (TPSA) is 54.0 Å². The van der Waals surface area contributed by atoms with Gasteiger partial charge in [-0.1, -0.05) is 39.5 Å². The maximum absolute atomic E-state index is 15.7. The molecule has 2 saturated heterocycles. The van der Waals surface area contributed by atoms with Crippen molar-refractivity contribution in [3.8, 4) is 0 Å². The molecule has 5 nitrogen and oxygen atoms in total. The van der Waals surface area contributed by atoms with Gasteiger partial charge in [0, 0.05) is 37.7 Å². The van der Waals surface area contributed by atoms with Crippen molar-refractivity contribution in [3.05, 3.63) is 11.8 Å². The van der Waals surface area contributed by atoms with Gasteiger partial charge in [-0.05, 0) is 44.6 Å². The lowest BCUT2D eigenvalue weighted by Gasteiger charge is -2.34. The van der Waals surface area contributed by atoms with Crippen LogP contribution in [-0.2, 0) is 23.7 Å². The number of halogens is 1. The van der Waals surface area contributed by atoms with Crippen molar-refractivity contribution in [2.75, 3.05) is 26.4 Å². The fourth-order valence-corrected chi connectivity index (χ4v) is 5.75. The van der Waals surface area contributed by atoms with Crippen LogP contribution in [0.4, 0.5) is 4.39 Å². The predicted octanol–water partition coefficient (Wildman–Crippen LogP) is 6.29. The molecule has 1 aliphatic carbocycles. The van der Waals surface area contributed by atoms with E-state index in [9.17, 15) is 4.79 Å². The number of ether oxygens (including phenoxy) is 4. The Labute approximate surface area is 199 Å². The zero-order valence-corrected chi connectivity index (χ0v) is 20.8. The molecular weight excluding hydrogens is 423 g/mol. The monoisotopic (exact) mass is 468 g/mol. The van der Waals surface area contributed by atoms with Crippen LogP contribution < -0.4 is 0 Å². The molecule has 190 valence electrons. The van der Waals surface area contributed by atoms with Crippen LogP contribution in [0.3, 0.4) is 0 Å². The van der Waals surface area contributed by atoms with Crippen molar-refractivity contribution in [2.24, 2.45) is 11.8 Å². The third kappa shape index (κ3) is 7.25. The summed E-state index contributed by atoms with van der Waals surface area (Å²) in [6.07, 6.45) is 13.5. The highest BCUT2D eigenvalue weighted by atomic mass is 19.1. The third-order valence-electron chi connectivity index (χ3n) is 7.79. The fraction of sp³-hybridized carbons (Fsp3) is 0.889. The lowest BCUT2D eigenvalue weighted by atomic mass is 9.85. The minimum Gasteiger partial charge on any atom is -0.492 e. The van der Waals surface area contributed by atoms with Crippen LogP contribution in [0, 0.1) is 11.8 Å². The van der Waals surface area contributed by atoms with Gasteiger partial charge in [0.1, 0.15) is 18.1 Å². The molecule has 0 aromatic heterocycles. The minimum absolute atomic E-state index is 0.00104. The molecule has 3 rings (SSSR count). The van der Waals surface area contributed by atoms with Crippen LogP contribution in [0.2, 0.25) is 0 Å². The quantitative estimate of drug-likeness (QED) is 0.170. The Bertz CT molecular complexity index is 612. The fourth-order valence-electron chi connectivity index (χ4n) is 5.75. The highest BCUT2D eigenvalue weighted by Gasteiger charge is 2.54. The summed E-state index contributed by atoms with van der Waals surface area (Å²) in [5.74, 6) is 0.352. The van der Waals surface area contributed by atoms with Crippen molar-refractivity contribution in [3.63, 3.8) is 0 Å². The van der Waals surface area contributed by atoms with Gasteiger partial charge < -0.3 is 23.7 Å². The molecule has 1 saturated carbocycles. The molecule has 0 aromatic rings. The standard InChI is InChI=1S/C27H45FO5/c1-3-5-6-7-14-26(28,4-2)15-13-25(33-22-10-9-18-30-21-22)23-12-16-27(31-19-20-32-27)24(23)11-8-17-29/h13,17,22-24H,3-12,14-16,18-21H2,1-2H3. The summed E-state index contributed by atoms with van der Waals surface area (Å²) in [5, 5.41) is 0. The van der Waals surface area contributed by atoms with Crippen molar-refractivity contribution in [1.29, 1.82) is 0 Å². The molecule has 33 heavy (non-hydrogen) atoms. The zero-order chi connectivity index (χ0) is 23.6. The Balaban J connectivity index is 1.77. The van der Waals surface area contributed by atoms with Gasteiger partial charge in [-0.15, -0.1) is 0 Å². The second-order valence-corrected chi connectivity index (χ2v) is 10.1. The Kier molecular flexibility index (Phi) is 10.6. The molecular formula is C27H45FO5. The van der Waals surface area contributed by atoms with E-state index in [1.165, 1.54) is 0 Å². The smallest absolute Gasteiger partial charge is 0.172 e. The summed E-state index contributed by atoms with van der Waals surface area (Å²) >= 11 is 0. The lowest BCUT2D eigenvalue weighted by Crippen LogP contribution is -2.38. The van der Waals surface area contributed by atoms with E-state index in [0.717, 1.165) is 70.0 Å². The van der Waals surface area contributed by atoms with Gasteiger partial charge >= 0.3 is 0 Å². The molecule has 2 aliphatic heterocycles. The van der Waals surface area contributed by atoms with E-state index in [1.807, 2.05) is 13.0 Å². The van der Waals surface area contributed by atoms with E-state index in [2.05, 4.69) is 6.92 Å². The number of alkyl halides is 1. The molecule has 3 aliphatic rings. The molecule has 0 N–H and O–H groups in total. The maximum atomic E-state index is 15.7. The molecule has 6 heteroatoms. The summed E-state index contributed by atoms with van der Waals surface area (Å²) in [6.45, 7) is 6.64. The number of aldehydes is 1. The van der Waals surface area contributed by atoms with Crippen LogP contribution in [0.5, 0.6) is 0 Å². The van der Waals surface area contributed by atoms with Crippen molar-refractivity contribution in [1.82, 2.24) is 0 Å². The normalized spacial score (nSPS) is 29.3. The van der Waals surface area contributed by atoms with Gasteiger partial charge in [0.15, 0.2) is 5.79 Å². The average Bonchev–Trinajstić information content (AvgIpc) is 3.46. The van der Waals surface area contributed by atoms with E-state index < -0.39 is 11.5 Å². The van der Waals surface area contributed by atoms with E-state index in [0.29, 0.717) is 51.9 Å². The zero-order valence-electron chi connectivity index (χ0n) is 20.8. The molecule has 4 unspecified atom stereocenters. The van der Waals surface area contributed by atoms with Crippen LogP contribution >= 0.6 is 0 Å². The largest absolute Gasteiger partial charge is 0.492 e. The van der Waals surface area contributed by atoms with Gasteiger partial charge in [0.2, 0.25) is 0 Å². The first-order valence-corrected chi connectivity index (χ1v) is 13.4. The number of hydrogen-bond acceptors (Lipinski definition) is 5. The average molecular weight is 469 g/mol. The van der Waals surface area contributed by atoms with Crippen LogP contribution in [0.15, 0.2) is 11.8 Å². The summed E-state index contributed by atoms with van der Waals surface area (Å²) in [4.78, 5) is 11.2. The first-order valence-electron chi connectivity index (χ1n) is 13.4. The van der Waals surface area contributed by atoms with Crippen LogP contribution in [-0.4, -0.2) is 50.3 Å². The van der Waals surface area contributed by atoms with E-state index in [-0.39, 0.29) is 17.9 Å².